The van der Waals surface area contributed by atoms with Gasteiger partial charge in [-0.15, -0.1) is 0 Å². The number of hydrogen-bond acceptors (Lipinski definition) is 4. The lowest BCUT2D eigenvalue weighted by molar-refractivity contribution is -0.128. The molecule has 5 nitrogen and oxygen atoms in total. The second-order valence-electron chi connectivity index (χ2n) is 4.03. The van der Waals surface area contributed by atoms with Gasteiger partial charge < -0.3 is 5.73 Å². The third kappa shape index (κ3) is 3.36. The molecule has 1 aliphatic heterocycles. The summed E-state index contributed by atoms with van der Waals surface area (Å²) < 4.78 is 0. The maximum Gasteiger partial charge on any atom is 0.294 e. The number of primary amides is 1. The number of hydrogen-bond donors (Lipinski definition) is 1. The molecule has 0 radical (unpaired) electrons. The van der Waals surface area contributed by atoms with Crippen LogP contribution in [0.5, 0.6) is 0 Å². The summed E-state index contributed by atoms with van der Waals surface area (Å²) in [5.74, 6) is -1.20. The van der Waals surface area contributed by atoms with E-state index in [0.717, 1.165) is 22.2 Å². The normalized spacial score (nSPS) is 17.4. The molecule has 1 aromatic rings. The minimum Gasteiger partial charge on any atom is -0.368 e. The van der Waals surface area contributed by atoms with Crippen LogP contribution in [0.1, 0.15) is 5.56 Å². The van der Waals surface area contributed by atoms with E-state index in [-0.39, 0.29) is 11.4 Å². The van der Waals surface area contributed by atoms with Gasteiger partial charge in [0.15, 0.2) is 0 Å². The van der Waals surface area contributed by atoms with Crippen molar-refractivity contribution in [2.24, 2.45) is 5.73 Å². The summed E-state index contributed by atoms with van der Waals surface area (Å²) >= 11 is 0.798. The fraction of sp³-hybridized carbons (Fsp3) is 0.0714. The molecule has 0 spiro atoms. The highest BCUT2D eigenvalue weighted by Crippen LogP contribution is 2.30. The minimum absolute atomic E-state index is 0.281. The Hall–Kier alpha value is -2.34. The summed E-state index contributed by atoms with van der Waals surface area (Å²) in [4.78, 5) is 35.3. The molecule has 1 fully saturated rings. The minimum atomic E-state index is -0.714. The van der Waals surface area contributed by atoms with E-state index in [2.05, 4.69) is 0 Å². The first kappa shape index (κ1) is 14.1. The summed E-state index contributed by atoms with van der Waals surface area (Å²) in [5.41, 5.74) is 5.98. The highest BCUT2D eigenvalue weighted by atomic mass is 32.2. The van der Waals surface area contributed by atoms with Gasteiger partial charge in [-0.1, -0.05) is 42.5 Å². The standard InChI is InChI=1S/C14H12N2O3S/c15-12(17)9-16-13(18)11(20-14(16)19)8-4-7-10-5-2-1-3-6-10/h1-8H,9H2,(H2,15,17). The van der Waals surface area contributed by atoms with Gasteiger partial charge in [-0.25, -0.2) is 0 Å². The number of nitrogens with two attached hydrogens (primary N) is 1. The van der Waals surface area contributed by atoms with Gasteiger partial charge in [-0.05, 0) is 23.4 Å². The molecular formula is C14H12N2O3S. The lowest BCUT2D eigenvalue weighted by Crippen LogP contribution is -2.36. The molecular weight excluding hydrogens is 276 g/mol. The zero-order valence-electron chi connectivity index (χ0n) is 10.5. The quantitative estimate of drug-likeness (QED) is 0.856. The van der Waals surface area contributed by atoms with Crippen molar-refractivity contribution in [1.29, 1.82) is 0 Å². The summed E-state index contributed by atoms with van der Waals surface area (Å²) in [6.45, 7) is -0.385. The molecule has 1 aromatic carbocycles. The molecule has 0 saturated carbocycles. The van der Waals surface area contributed by atoms with Crippen molar-refractivity contribution >= 4 is 34.9 Å². The highest BCUT2D eigenvalue weighted by Gasteiger charge is 2.35. The van der Waals surface area contributed by atoms with Gasteiger partial charge in [0.1, 0.15) is 6.54 Å². The molecule has 0 unspecified atom stereocenters. The fourth-order valence-electron chi connectivity index (χ4n) is 1.62. The van der Waals surface area contributed by atoms with Crippen LogP contribution < -0.4 is 5.73 Å². The lowest BCUT2D eigenvalue weighted by atomic mass is 10.2. The molecule has 1 saturated heterocycles. The molecule has 0 aliphatic carbocycles. The first-order valence-corrected chi connectivity index (χ1v) is 6.65. The van der Waals surface area contributed by atoms with E-state index in [1.54, 1.807) is 12.2 Å². The van der Waals surface area contributed by atoms with E-state index in [9.17, 15) is 14.4 Å². The van der Waals surface area contributed by atoms with Gasteiger partial charge in [0.2, 0.25) is 5.91 Å². The van der Waals surface area contributed by atoms with Gasteiger partial charge >= 0.3 is 0 Å². The van der Waals surface area contributed by atoms with E-state index < -0.39 is 17.1 Å². The van der Waals surface area contributed by atoms with Crippen molar-refractivity contribution in [2.75, 3.05) is 6.54 Å². The lowest BCUT2D eigenvalue weighted by Gasteiger charge is -2.08. The molecule has 6 heteroatoms. The summed E-state index contributed by atoms with van der Waals surface area (Å²) in [6.07, 6.45) is 5.07. The molecule has 2 N–H and O–H groups in total. The number of benzene rings is 1. The number of carbonyl (C=O) groups is 3. The Labute approximate surface area is 120 Å². The van der Waals surface area contributed by atoms with Crippen molar-refractivity contribution in [2.45, 2.75) is 0 Å². The number of nitrogens with zero attached hydrogens (tertiary/aromatic N) is 1. The molecule has 0 bridgehead atoms. The molecule has 3 amide bonds. The van der Waals surface area contributed by atoms with Crippen LogP contribution in [0.4, 0.5) is 4.79 Å². The van der Waals surface area contributed by atoms with Crippen LogP contribution in [-0.2, 0) is 9.59 Å². The Bertz CT molecular complexity index is 608. The zero-order valence-corrected chi connectivity index (χ0v) is 11.3. The fourth-order valence-corrected chi connectivity index (χ4v) is 2.41. The van der Waals surface area contributed by atoms with Crippen LogP contribution in [0.3, 0.4) is 0 Å². The van der Waals surface area contributed by atoms with Crippen LogP contribution >= 0.6 is 11.8 Å². The topological polar surface area (TPSA) is 80.5 Å². The average Bonchev–Trinajstić information content (AvgIpc) is 2.67. The third-order valence-electron chi connectivity index (χ3n) is 2.52. The maximum absolute atomic E-state index is 11.9. The van der Waals surface area contributed by atoms with Crippen LogP contribution in [0, 0.1) is 0 Å². The van der Waals surface area contributed by atoms with Crippen LogP contribution in [0.15, 0.2) is 47.4 Å². The van der Waals surface area contributed by atoms with E-state index in [1.807, 2.05) is 36.4 Å². The van der Waals surface area contributed by atoms with Gasteiger partial charge in [0.05, 0.1) is 4.91 Å². The van der Waals surface area contributed by atoms with Gasteiger partial charge in [-0.2, -0.15) is 0 Å². The largest absolute Gasteiger partial charge is 0.368 e. The predicted molar refractivity (Wildman–Crippen MR) is 77.5 cm³/mol. The van der Waals surface area contributed by atoms with Crippen LogP contribution in [0.2, 0.25) is 0 Å². The van der Waals surface area contributed by atoms with Crippen molar-refractivity contribution < 1.29 is 14.4 Å². The maximum atomic E-state index is 11.9. The number of amides is 3. The molecule has 0 atom stereocenters. The Morgan fingerprint density at radius 2 is 1.95 bits per heavy atom. The number of thioether (sulfide) groups is 1. The first-order chi connectivity index (χ1) is 9.58. The third-order valence-corrected chi connectivity index (χ3v) is 3.45. The first-order valence-electron chi connectivity index (χ1n) is 5.83. The van der Waals surface area contributed by atoms with E-state index in [1.165, 1.54) is 0 Å². The molecule has 0 aromatic heterocycles. The predicted octanol–water partition coefficient (Wildman–Crippen LogP) is 1.76. The van der Waals surface area contributed by atoms with Gasteiger partial charge in [0, 0.05) is 0 Å². The Kier molecular flexibility index (Phi) is 4.37. The van der Waals surface area contributed by atoms with Gasteiger partial charge in [0.25, 0.3) is 11.1 Å². The van der Waals surface area contributed by atoms with Crippen molar-refractivity contribution in [3.8, 4) is 0 Å². The molecule has 2 rings (SSSR count). The molecule has 20 heavy (non-hydrogen) atoms. The van der Waals surface area contributed by atoms with Crippen molar-refractivity contribution in [1.82, 2.24) is 4.90 Å². The van der Waals surface area contributed by atoms with Crippen molar-refractivity contribution in [3.63, 3.8) is 0 Å². The Morgan fingerprint density at radius 1 is 1.25 bits per heavy atom. The van der Waals surface area contributed by atoms with Crippen LogP contribution in [-0.4, -0.2) is 28.5 Å². The second kappa shape index (κ2) is 6.21. The Balaban J connectivity index is 2.08. The number of carbonyl (C=O) groups excluding carboxylic acids is 3. The number of rotatable bonds is 4. The molecule has 102 valence electrons. The molecule has 1 aliphatic rings. The van der Waals surface area contributed by atoms with E-state index in [4.69, 9.17) is 5.73 Å². The summed E-state index contributed by atoms with van der Waals surface area (Å²) in [6, 6.07) is 9.56. The van der Waals surface area contributed by atoms with E-state index in [0.29, 0.717) is 0 Å². The second-order valence-corrected chi connectivity index (χ2v) is 5.02. The highest BCUT2D eigenvalue weighted by molar-refractivity contribution is 8.18. The SMILES string of the molecule is NC(=O)CN1C(=O)SC(=CC=Cc2ccccc2)C1=O. The summed E-state index contributed by atoms with van der Waals surface area (Å²) in [5, 5.41) is -0.479. The van der Waals surface area contributed by atoms with Gasteiger partial charge in [-0.3, -0.25) is 19.3 Å². The van der Waals surface area contributed by atoms with Crippen molar-refractivity contribution in [3.05, 3.63) is 53.0 Å². The summed E-state index contributed by atoms with van der Waals surface area (Å²) in [7, 11) is 0. The molecule has 1 heterocycles. The number of allylic oxidation sites excluding steroid dienone is 2. The monoisotopic (exact) mass is 288 g/mol. The number of imide groups is 1. The average molecular weight is 288 g/mol. The smallest absolute Gasteiger partial charge is 0.294 e. The zero-order chi connectivity index (χ0) is 14.5. The van der Waals surface area contributed by atoms with Crippen LogP contribution in [0.25, 0.3) is 6.08 Å². The van der Waals surface area contributed by atoms with E-state index >= 15 is 0 Å². The Morgan fingerprint density at radius 3 is 2.60 bits per heavy atom.